The molecule has 3 aromatic rings. The molecule has 1 aromatic heterocycles. The number of carbonyl (C=O) groups is 4. The van der Waals surface area contributed by atoms with Crippen LogP contribution in [0.3, 0.4) is 0 Å². The highest BCUT2D eigenvalue weighted by Crippen LogP contribution is 2.22. The Hall–Kier alpha value is -4.14. The van der Waals surface area contributed by atoms with E-state index in [1.54, 1.807) is 0 Å². The van der Waals surface area contributed by atoms with E-state index in [-0.39, 0.29) is 18.2 Å². The van der Waals surface area contributed by atoms with Crippen LogP contribution >= 0.6 is 0 Å². The zero-order valence-electron chi connectivity index (χ0n) is 21.0. The van der Waals surface area contributed by atoms with Gasteiger partial charge in [-0.3, -0.25) is 14.4 Å². The van der Waals surface area contributed by atoms with Crippen LogP contribution in [0.4, 0.5) is 0 Å². The lowest BCUT2D eigenvalue weighted by Crippen LogP contribution is -2.56. The molecular formula is C28H32N4O5. The van der Waals surface area contributed by atoms with Gasteiger partial charge in [0.05, 0.1) is 7.11 Å². The zero-order valence-corrected chi connectivity index (χ0v) is 21.0. The molecule has 0 aliphatic carbocycles. The maximum Gasteiger partial charge on any atom is 0.328 e. The monoisotopic (exact) mass is 504 g/mol. The molecule has 1 aliphatic rings. The second-order valence-corrected chi connectivity index (χ2v) is 9.28. The van der Waals surface area contributed by atoms with Crippen LogP contribution in [0.1, 0.15) is 30.9 Å². The number of carbonyl (C=O) groups excluding carboxylic acids is 4. The molecule has 37 heavy (non-hydrogen) atoms. The van der Waals surface area contributed by atoms with E-state index in [0.29, 0.717) is 25.8 Å². The number of fused-ring (bicyclic) bond motifs is 1. The van der Waals surface area contributed by atoms with Crippen LogP contribution in [0.2, 0.25) is 0 Å². The Balaban J connectivity index is 1.49. The number of hydrogen-bond donors (Lipinski definition) is 3. The van der Waals surface area contributed by atoms with Crippen LogP contribution in [-0.4, -0.2) is 65.4 Å². The van der Waals surface area contributed by atoms with Gasteiger partial charge in [-0.05, 0) is 30.0 Å². The number of esters is 1. The second kappa shape index (κ2) is 11.7. The van der Waals surface area contributed by atoms with E-state index in [1.165, 1.54) is 18.9 Å². The highest BCUT2D eigenvalue weighted by atomic mass is 16.5. The molecule has 3 atom stereocenters. The van der Waals surface area contributed by atoms with Gasteiger partial charge in [-0.2, -0.15) is 0 Å². The Morgan fingerprint density at radius 2 is 1.73 bits per heavy atom. The summed E-state index contributed by atoms with van der Waals surface area (Å²) in [6.45, 7) is 1.76. The number of aromatic nitrogens is 1. The van der Waals surface area contributed by atoms with Gasteiger partial charge in [0.25, 0.3) is 0 Å². The number of rotatable bonds is 9. The molecule has 1 fully saturated rings. The summed E-state index contributed by atoms with van der Waals surface area (Å²) in [7, 11) is 1.28. The molecule has 9 nitrogen and oxygen atoms in total. The molecule has 4 rings (SSSR count). The van der Waals surface area contributed by atoms with Crippen molar-refractivity contribution in [1.29, 1.82) is 0 Å². The van der Waals surface area contributed by atoms with Crippen molar-refractivity contribution in [3.63, 3.8) is 0 Å². The number of ether oxygens (including phenoxy) is 1. The Morgan fingerprint density at radius 3 is 2.46 bits per heavy atom. The lowest BCUT2D eigenvalue weighted by molar-refractivity contribution is -0.146. The van der Waals surface area contributed by atoms with Gasteiger partial charge < -0.3 is 25.3 Å². The van der Waals surface area contributed by atoms with E-state index in [0.717, 1.165) is 22.0 Å². The number of amides is 3. The Labute approximate surface area is 215 Å². The highest BCUT2D eigenvalue weighted by molar-refractivity contribution is 5.94. The molecule has 0 saturated carbocycles. The minimum absolute atomic E-state index is 0.242. The van der Waals surface area contributed by atoms with Gasteiger partial charge in [0.2, 0.25) is 17.7 Å². The van der Waals surface area contributed by atoms with Crippen LogP contribution in [0, 0.1) is 0 Å². The minimum Gasteiger partial charge on any atom is -0.467 e. The van der Waals surface area contributed by atoms with Crippen molar-refractivity contribution in [2.45, 2.75) is 50.7 Å². The van der Waals surface area contributed by atoms with Crippen molar-refractivity contribution in [2.24, 2.45) is 0 Å². The number of nitrogens with one attached hydrogen (secondary N) is 3. The van der Waals surface area contributed by atoms with Crippen LogP contribution < -0.4 is 10.6 Å². The van der Waals surface area contributed by atoms with Gasteiger partial charge in [-0.1, -0.05) is 48.5 Å². The third kappa shape index (κ3) is 6.17. The van der Waals surface area contributed by atoms with E-state index in [2.05, 4.69) is 15.6 Å². The number of likely N-dealkylation sites (tertiary alicyclic amines) is 1. The maximum atomic E-state index is 13.5. The molecule has 194 valence electrons. The number of hydrogen-bond acceptors (Lipinski definition) is 5. The van der Waals surface area contributed by atoms with Crippen LogP contribution in [-0.2, 0) is 36.8 Å². The van der Waals surface area contributed by atoms with Gasteiger partial charge in [0, 0.05) is 43.4 Å². The van der Waals surface area contributed by atoms with E-state index < -0.39 is 30.0 Å². The van der Waals surface area contributed by atoms with E-state index in [1.807, 2.05) is 60.8 Å². The van der Waals surface area contributed by atoms with Crippen molar-refractivity contribution >= 4 is 34.6 Å². The number of aromatic amines is 1. The van der Waals surface area contributed by atoms with Gasteiger partial charge >= 0.3 is 5.97 Å². The fourth-order valence-electron chi connectivity index (χ4n) is 4.92. The van der Waals surface area contributed by atoms with Crippen LogP contribution in [0.5, 0.6) is 0 Å². The average molecular weight is 505 g/mol. The molecule has 0 spiro atoms. The first-order chi connectivity index (χ1) is 17.9. The van der Waals surface area contributed by atoms with Gasteiger partial charge in [0.15, 0.2) is 0 Å². The molecule has 2 heterocycles. The Bertz CT molecular complexity index is 1270. The summed E-state index contributed by atoms with van der Waals surface area (Å²) in [6, 6.07) is 14.7. The first-order valence-corrected chi connectivity index (χ1v) is 12.4. The topological polar surface area (TPSA) is 121 Å². The van der Waals surface area contributed by atoms with E-state index >= 15 is 0 Å². The summed E-state index contributed by atoms with van der Waals surface area (Å²) in [5, 5.41) is 6.52. The standard InChI is InChI=1S/C28H32N4O5/c1-18(33)30-23(15-19-9-4-3-5-10-19)27(35)32-14-8-13-25(32)26(34)31-24(28(36)37-2)16-20-17-29-22-12-7-6-11-21(20)22/h3-7,9-12,17,23-25,29H,8,13-16H2,1-2H3,(H,30,33)(H,31,34)/t23-,24-,25-/m0/s1. The number of benzene rings is 2. The number of methoxy groups -OCH3 is 1. The summed E-state index contributed by atoms with van der Waals surface area (Å²) in [5.74, 6) is -1.61. The van der Waals surface area contributed by atoms with Crippen molar-refractivity contribution in [3.05, 3.63) is 71.9 Å². The van der Waals surface area contributed by atoms with Crippen molar-refractivity contribution in [2.75, 3.05) is 13.7 Å². The fourth-order valence-corrected chi connectivity index (χ4v) is 4.92. The summed E-state index contributed by atoms with van der Waals surface area (Å²) in [4.78, 5) is 56.0. The molecule has 1 aliphatic heterocycles. The smallest absolute Gasteiger partial charge is 0.328 e. The highest BCUT2D eigenvalue weighted by Gasteiger charge is 2.39. The largest absolute Gasteiger partial charge is 0.467 e. The lowest BCUT2D eigenvalue weighted by atomic mass is 10.0. The van der Waals surface area contributed by atoms with Gasteiger partial charge in [0.1, 0.15) is 18.1 Å². The molecule has 0 unspecified atom stereocenters. The lowest BCUT2D eigenvalue weighted by Gasteiger charge is -2.29. The Kier molecular flexibility index (Phi) is 8.22. The van der Waals surface area contributed by atoms with E-state index in [9.17, 15) is 19.2 Å². The first-order valence-electron chi connectivity index (χ1n) is 12.4. The summed E-state index contributed by atoms with van der Waals surface area (Å²) >= 11 is 0. The average Bonchev–Trinajstić information content (AvgIpc) is 3.55. The van der Waals surface area contributed by atoms with Crippen molar-refractivity contribution in [3.8, 4) is 0 Å². The third-order valence-corrected chi connectivity index (χ3v) is 6.70. The normalized spacial score (nSPS) is 16.7. The number of H-pyrrole nitrogens is 1. The maximum absolute atomic E-state index is 13.5. The summed E-state index contributed by atoms with van der Waals surface area (Å²) < 4.78 is 4.97. The fraction of sp³-hybridized carbons (Fsp3) is 0.357. The molecule has 3 N–H and O–H groups in total. The summed E-state index contributed by atoms with van der Waals surface area (Å²) in [5.41, 5.74) is 2.71. The molecule has 3 amide bonds. The number of nitrogens with zero attached hydrogens (tertiary/aromatic N) is 1. The second-order valence-electron chi connectivity index (χ2n) is 9.28. The van der Waals surface area contributed by atoms with Gasteiger partial charge in [-0.25, -0.2) is 4.79 Å². The SMILES string of the molecule is COC(=O)[C@H](Cc1c[nH]c2ccccc12)NC(=O)[C@@H]1CCCN1C(=O)[C@H](Cc1ccccc1)NC(C)=O. The number of para-hydroxylation sites is 1. The predicted octanol–water partition coefficient (Wildman–Crippen LogP) is 2.11. The zero-order chi connectivity index (χ0) is 26.4. The van der Waals surface area contributed by atoms with Crippen molar-refractivity contribution in [1.82, 2.24) is 20.5 Å². The summed E-state index contributed by atoms with van der Waals surface area (Å²) in [6.07, 6.45) is 3.49. The molecule has 0 radical (unpaired) electrons. The molecule has 0 bridgehead atoms. The van der Waals surface area contributed by atoms with E-state index in [4.69, 9.17) is 4.74 Å². The molecule has 2 aromatic carbocycles. The molecule has 1 saturated heterocycles. The molecular weight excluding hydrogens is 472 g/mol. The van der Waals surface area contributed by atoms with Crippen LogP contribution in [0.25, 0.3) is 10.9 Å². The third-order valence-electron chi connectivity index (χ3n) is 6.70. The first kappa shape index (κ1) is 25.9. The minimum atomic E-state index is -0.912. The van der Waals surface area contributed by atoms with Crippen LogP contribution in [0.15, 0.2) is 60.8 Å². The molecule has 9 heteroatoms. The van der Waals surface area contributed by atoms with Crippen molar-refractivity contribution < 1.29 is 23.9 Å². The Morgan fingerprint density at radius 1 is 1.00 bits per heavy atom. The quantitative estimate of drug-likeness (QED) is 0.386. The van der Waals surface area contributed by atoms with Gasteiger partial charge in [-0.15, -0.1) is 0 Å². The predicted molar refractivity (Wildman–Crippen MR) is 138 cm³/mol.